The van der Waals surface area contributed by atoms with Crippen LogP contribution in [0.4, 0.5) is 10.5 Å². The molecular formula is C19H17ClN2O2. The number of amides is 2. The second-order valence-corrected chi connectivity index (χ2v) is 5.80. The number of hydrogen-bond donors (Lipinski definition) is 1. The molecule has 0 aliphatic heterocycles. The molecule has 0 saturated heterocycles. The third kappa shape index (κ3) is 4.40. The Morgan fingerprint density at radius 2 is 1.83 bits per heavy atom. The first-order valence-corrected chi connectivity index (χ1v) is 7.96. The average Bonchev–Trinajstić information content (AvgIpc) is 3.08. The Bertz CT molecular complexity index is 788. The van der Waals surface area contributed by atoms with Crippen LogP contribution < -0.4 is 5.32 Å². The zero-order chi connectivity index (χ0) is 16.8. The van der Waals surface area contributed by atoms with Gasteiger partial charge in [-0.1, -0.05) is 48.0 Å². The fraction of sp³-hybridized carbons (Fsp3) is 0.105. The molecule has 24 heavy (non-hydrogen) atoms. The van der Waals surface area contributed by atoms with Crippen molar-refractivity contribution in [1.82, 2.24) is 4.90 Å². The van der Waals surface area contributed by atoms with Crippen molar-refractivity contribution in [1.29, 1.82) is 0 Å². The highest BCUT2D eigenvalue weighted by Crippen LogP contribution is 2.17. The standard InChI is InChI=1S/C19H17ClN2O2/c20-16-8-4-9-17(12-16)21-19(23)22(14-18-10-5-11-24-18)13-15-6-2-1-3-7-15/h1-12H,13-14H2,(H,21,23). The Morgan fingerprint density at radius 3 is 2.54 bits per heavy atom. The van der Waals surface area contributed by atoms with Crippen LogP contribution in [0.25, 0.3) is 0 Å². The first-order valence-electron chi connectivity index (χ1n) is 7.58. The number of hydrogen-bond acceptors (Lipinski definition) is 2. The first kappa shape index (κ1) is 16.1. The summed E-state index contributed by atoms with van der Waals surface area (Å²) in [5, 5.41) is 3.45. The summed E-state index contributed by atoms with van der Waals surface area (Å²) in [6.45, 7) is 0.863. The first-order chi connectivity index (χ1) is 11.7. The van der Waals surface area contributed by atoms with Crippen LogP contribution in [0.5, 0.6) is 0 Å². The number of benzene rings is 2. The van der Waals surface area contributed by atoms with Gasteiger partial charge >= 0.3 is 6.03 Å². The Kier molecular flexibility index (Phi) is 5.18. The van der Waals surface area contributed by atoms with E-state index < -0.39 is 0 Å². The Balaban J connectivity index is 1.76. The predicted octanol–water partition coefficient (Wildman–Crippen LogP) is 5.17. The molecule has 0 spiro atoms. The maximum atomic E-state index is 12.7. The van der Waals surface area contributed by atoms with Crippen molar-refractivity contribution in [2.24, 2.45) is 0 Å². The maximum Gasteiger partial charge on any atom is 0.322 e. The highest BCUT2D eigenvalue weighted by atomic mass is 35.5. The molecule has 0 aliphatic carbocycles. The summed E-state index contributed by atoms with van der Waals surface area (Å²) in [7, 11) is 0. The lowest BCUT2D eigenvalue weighted by Crippen LogP contribution is -2.33. The van der Waals surface area contributed by atoms with E-state index in [0.717, 1.165) is 11.3 Å². The van der Waals surface area contributed by atoms with E-state index >= 15 is 0 Å². The fourth-order valence-corrected chi connectivity index (χ4v) is 2.55. The Hall–Kier alpha value is -2.72. The van der Waals surface area contributed by atoms with E-state index in [9.17, 15) is 4.79 Å². The number of nitrogens with zero attached hydrogens (tertiary/aromatic N) is 1. The molecule has 1 N–H and O–H groups in total. The van der Waals surface area contributed by atoms with E-state index in [1.165, 1.54) is 0 Å². The summed E-state index contributed by atoms with van der Waals surface area (Å²) < 4.78 is 5.38. The Labute approximate surface area is 145 Å². The van der Waals surface area contributed by atoms with Gasteiger partial charge in [0.05, 0.1) is 12.8 Å². The van der Waals surface area contributed by atoms with Crippen molar-refractivity contribution >= 4 is 23.3 Å². The monoisotopic (exact) mass is 340 g/mol. The molecule has 0 unspecified atom stereocenters. The van der Waals surface area contributed by atoms with Crippen molar-refractivity contribution < 1.29 is 9.21 Å². The van der Waals surface area contributed by atoms with Crippen LogP contribution in [0.1, 0.15) is 11.3 Å². The molecule has 4 nitrogen and oxygen atoms in total. The summed E-state index contributed by atoms with van der Waals surface area (Å²) in [6, 6.07) is 20.4. The van der Waals surface area contributed by atoms with E-state index in [0.29, 0.717) is 23.8 Å². The van der Waals surface area contributed by atoms with Gasteiger partial charge in [-0.3, -0.25) is 0 Å². The van der Waals surface area contributed by atoms with E-state index in [1.54, 1.807) is 35.4 Å². The Morgan fingerprint density at radius 1 is 1.00 bits per heavy atom. The second kappa shape index (κ2) is 7.70. The molecule has 1 heterocycles. The second-order valence-electron chi connectivity index (χ2n) is 5.36. The van der Waals surface area contributed by atoms with Crippen LogP contribution in [0.2, 0.25) is 5.02 Å². The van der Waals surface area contributed by atoms with Crippen molar-refractivity contribution in [3.05, 3.63) is 89.3 Å². The van der Waals surface area contributed by atoms with Gasteiger partial charge in [0.15, 0.2) is 0 Å². The molecule has 0 fully saturated rings. The maximum absolute atomic E-state index is 12.7. The molecule has 0 aliphatic rings. The molecular weight excluding hydrogens is 324 g/mol. The van der Waals surface area contributed by atoms with Gasteiger partial charge in [0.2, 0.25) is 0 Å². The number of anilines is 1. The minimum Gasteiger partial charge on any atom is -0.467 e. The van der Waals surface area contributed by atoms with Gasteiger partial charge in [0.25, 0.3) is 0 Å². The molecule has 5 heteroatoms. The van der Waals surface area contributed by atoms with Crippen LogP contribution in [0.3, 0.4) is 0 Å². The number of furan rings is 1. The summed E-state index contributed by atoms with van der Waals surface area (Å²) in [4.78, 5) is 14.4. The quantitative estimate of drug-likeness (QED) is 0.696. The number of halogens is 1. The molecule has 2 aromatic carbocycles. The van der Waals surface area contributed by atoms with Crippen LogP contribution in [-0.4, -0.2) is 10.9 Å². The van der Waals surface area contributed by atoms with E-state index in [1.807, 2.05) is 42.5 Å². The topological polar surface area (TPSA) is 45.5 Å². The molecule has 1 aromatic heterocycles. The van der Waals surface area contributed by atoms with Crippen LogP contribution in [0.15, 0.2) is 77.4 Å². The van der Waals surface area contributed by atoms with Crippen molar-refractivity contribution in [2.75, 3.05) is 5.32 Å². The summed E-state index contributed by atoms with van der Waals surface area (Å²) in [5.74, 6) is 0.729. The fourth-order valence-electron chi connectivity index (χ4n) is 2.36. The van der Waals surface area contributed by atoms with E-state index in [-0.39, 0.29) is 6.03 Å². The van der Waals surface area contributed by atoms with Gasteiger partial charge in [0.1, 0.15) is 5.76 Å². The van der Waals surface area contributed by atoms with Crippen LogP contribution in [-0.2, 0) is 13.1 Å². The molecule has 0 bridgehead atoms. The number of urea groups is 1. The lowest BCUT2D eigenvalue weighted by Gasteiger charge is -2.22. The largest absolute Gasteiger partial charge is 0.467 e. The molecule has 0 saturated carbocycles. The van der Waals surface area contributed by atoms with Gasteiger partial charge in [-0.2, -0.15) is 0 Å². The van der Waals surface area contributed by atoms with Gasteiger partial charge in [-0.15, -0.1) is 0 Å². The highest BCUT2D eigenvalue weighted by Gasteiger charge is 2.16. The number of carbonyl (C=O) groups excluding carboxylic acids is 1. The predicted molar refractivity (Wildman–Crippen MR) is 94.9 cm³/mol. The van der Waals surface area contributed by atoms with Crippen LogP contribution >= 0.6 is 11.6 Å². The van der Waals surface area contributed by atoms with Crippen molar-refractivity contribution in [3.8, 4) is 0 Å². The lowest BCUT2D eigenvalue weighted by molar-refractivity contribution is 0.201. The summed E-state index contributed by atoms with van der Waals surface area (Å²) in [5.41, 5.74) is 1.70. The van der Waals surface area contributed by atoms with Crippen molar-refractivity contribution in [3.63, 3.8) is 0 Å². The van der Waals surface area contributed by atoms with Gasteiger partial charge in [0, 0.05) is 17.3 Å². The van der Waals surface area contributed by atoms with Gasteiger partial charge in [-0.05, 0) is 35.9 Å². The molecule has 0 radical (unpaired) electrons. The summed E-state index contributed by atoms with van der Waals surface area (Å²) in [6.07, 6.45) is 1.60. The summed E-state index contributed by atoms with van der Waals surface area (Å²) >= 11 is 5.97. The molecule has 0 atom stereocenters. The smallest absolute Gasteiger partial charge is 0.322 e. The normalized spacial score (nSPS) is 10.4. The average molecular weight is 341 g/mol. The minimum atomic E-state index is -0.211. The van der Waals surface area contributed by atoms with Gasteiger partial charge < -0.3 is 14.6 Å². The lowest BCUT2D eigenvalue weighted by atomic mass is 10.2. The van der Waals surface area contributed by atoms with Gasteiger partial charge in [-0.25, -0.2) is 4.79 Å². The van der Waals surface area contributed by atoms with Crippen LogP contribution in [0, 0.1) is 0 Å². The molecule has 122 valence electrons. The number of rotatable bonds is 5. The third-order valence-corrected chi connectivity index (χ3v) is 3.74. The SMILES string of the molecule is O=C(Nc1cccc(Cl)c1)N(Cc1ccccc1)Cc1ccco1. The zero-order valence-electron chi connectivity index (χ0n) is 13.0. The number of carbonyl (C=O) groups is 1. The molecule has 2 amide bonds. The molecule has 3 aromatic rings. The third-order valence-electron chi connectivity index (χ3n) is 3.51. The molecule has 3 rings (SSSR count). The zero-order valence-corrected chi connectivity index (χ0v) is 13.7. The van der Waals surface area contributed by atoms with Crippen molar-refractivity contribution in [2.45, 2.75) is 13.1 Å². The highest BCUT2D eigenvalue weighted by molar-refractivity contribution is 6.30. The minimum absolute atomic E-state index is 0.211. The van der Waals surface area contributed by atoms with E-state index in [2.05, 4.69) is 5.32 Å². The number of nitrogens with one attached hydrogen (secondary N) is 1. The van der Waals surface area contributed by atoms with E-state index in [4.69, 9.17) is 16.0 Å².